The normalized spacial score (nSPS) is 16.0. The van der Waals surface area contributed by atoms with E-state index in [1.807, 2.05) is 0 Å². The van der Waals surface area contributed by atoms with Gasteiger partial charge in [0.25, 0.3) is 0 Å². The predicted octanol–water partition coefficient (Wildman–Crippen LogP) is 2.68. The number of thiocarbonyl (C=S) groups is 1. The number of allylic oxidation sites excluding steroid dienone is 4. The molecule has 0 aliphatic heterocycles. The van der Waals surface area contributed by atoms with Crippen molar-refractivity contribution >= 4 is 23.3 Å². The summed E-state index contributed by atoms with van der Waals surface area (Å²) in [5.41, 5.74) is 6.39. The van der Waals surface area contributed by atoms with Crippen LogP contribution in [0.4, 0.5) is 4.79 Å². The molecule has 3 N–H and O–H groups in total. The van der Waals surface area contributed by atoms with Crippen LogP contribution in [0.3, 0.4) is 0 Å². The molecule has 128 valence electrons. The van der Waals surface area contributed by atoms with E-state index in [1.165, 1.54) is 6.08 Å². The fraction of sp³-hybridized carbons (Fsp3) is 0.600. The molecule has 8 heteroatoms. The SMILES string of the molecule is CC(C)(C)OC(=O)NC[C@@H](CC1=CC=C([N+](=O)[O-])CC1)C(N)=S. The summed E-state index contributed by atoms with van der Waals surface area (Å²) < 4.78 is 5.17. The highest BCUT2D eigenvalue weighted by Gasteiger charge is 2.21. The van der Waals surface area contributed by atoms with Crippen LogP contribution >= 0.6 is 12.2 Å². The van der Waals surface area contributed by atoms with Crippen molar-refractivity contribution in [2.75, 3.05) is 6.54 Å². The number of nitrogens with one attached hydrogen (secondary N) is 1. The highest BCUT2D eigenvalue weighted by atomic mass is 32.1. The van der Waals surface area contributed by atoms with Crippen molar-refractivity contribution in [1.82, 2.24) is 5.32 Å². The van der Waals surface area contributed by atoms with Crippen LogP contribution < -0.4 is 11.1 Å². The molecule has 23 heavy (non-hydrogen) atoms. The second kappa shape index (κ2) is 8.05. The Morgan fingerprint density at radius 3 is 2.57 bits per heavy atom. The van der Waals surface area contributed by atoms with Crippen LogP contribution in [0.2, 0.25) is 0 Å². The molecular weight excluding hydrogens is 318 g/mol. The van der Waals surface area contributed by atoms with Crippen LogP contribution in [-0.4, -0.2) is 28.2 Å². The first-order valence-electron chi connectivity index (χ1n) is 7.37. The van der Waals surface area contributed by atoms with E-state index >= 15 is 0 Å². The van der Waals surface area contributed by atoms with Gasteiger partial charge in [0, 0.05) is 25.0 Å². The van der Waals surface area contributed by atoms with E-state index in [1.54, 1.807) is 26.8 Å². The lowest BCUT2D eigenvalue weighted by Crippen LogP contribution is -2.38. The Labute approximate surface area is 141 Å². The third-order valence-corrected chi connectivity index (χ3v) is 3.58. The Morgan fingerprint density at radius 1 is 1.48 bits per heavy atom. The summed E-state index contributed by atoms with van der Waals surface area (Å²) in [7, 11) is 0. The van der Waals surface area contributed by atoms with Crippen LogP contribution in [0.15, 0.2) is 23.4 Å². The fourth-order valence-corrected chi connectivity index (χ4v) is 2.27. The lowest BCUT2D eigenvalue weighted by molar-refractivity contribution is -0.428. The van der Waals surface area contributed by atoms with Gasteiger partial charge in [-0.05, 0) is 33.6 Å². The average Bonchev–Trinajstić information content (AvgIpc) is 2.41. The van der Waals surface area contributed by atoms with Crippen LogP contribution in [0.25, 0.3) is 0 Å². The number of nitro groups is 1. The van der Waals surface area contributed by atoms with Crippen molar-refractivity contribution in [2.24, 2.45) is 11.7 Å². The number of nitrogens with two attached hydrogens (primary N) is 1. The molecule has 0 aromatic heterocycles. The summed E-state index contributed by atoms with van der Waals surface area (Å²) in [6.07, 6.45) is 4.27. The van der Waals surface area contributed by atoms with E-state index in [2.05, 4.69) is 5.32 Å². The summed E-state index contributed by atoms with van der Waals surface area (Å²) in [4.78, 5) is 22.3. The molecule has 0 unspecified atom stereocenters. The topological polar surface area (TPSA) is 107 Å². The van der Waals surface area contributed by atoms with E-state index in [0.29, 0.717) is 24.3 Å². The van der Waals surface area contributed by atoms with Gasteiger partial charge in [0.15, 0.2) is 0 Å². The second-order valence-electron chi connectivity index (χ2n) is 6.43. The van der Waals surface area contributed by atoms with E-state index in [9.17, 15) is 14.9 Å². The molecule has 0 radical (unpaired) electrons. The van der Waals surface area contributed by atoms with Gasteiger partial charge in [-0.3, -0.25) is 10.1 Å². The minimum Gasteiger partial charge on any atom is -0.444 e. The summed E-state index contributed by atoms with van der Waals surface area (Å²) in [6, 6.07) is 0. The van der Waals surface area contributed by atoms with E-state index in [0.717, 1.165) is 5.57 Å². The number of nitrogens with zero attached hydrogens (tertiary/aromatic N) is 1. The van der Waals surface area contributed by atoms with Gasteiger partial charge in [-0.15, -0.1) is 0 Å². The molecule has 1 aliphatic rings. The van der Waals surface area contributed by atoms with Crippen molar-refractivity contribution in [3.63, 3.8) is 0 Å². The highest BCUT2D eigenvalue weighted by Crippen LogP contribution is 2.24. The Morgan fingerprint density at radius 2 is 2.13 bits per heavy atom. The van der Waals surface area contributed by atoms with Crippen molar-refractivity contribution in [1.29, 1.82) is 0 Å². The zero-order valence-electron chi connectivity index (χ0n) is 13.6. The number of carbonyl (C=O) groups excluding carboxylic acids is 1. The Kier molecular flexibility index (Phi) is 6.68. The molecule has 0 aromatic carbocycles. The molecule has 0 fully saturated rings. The third kappa shape index (κ3) is 7.23. The summed E-state index contributed by atoms with van der Waals surface area (Å²) in [5.74, 6) is -0.214. The summed E-state index contributed by atoms with van der Waals surface area (Å²) >= 11 is 5.05. The van der Waals surface area contributed by atoms with Crippen LogP contribution in [-0.2, 0) is 4.74 Å². The Bertz CT molecular complexity index is 549. The molecule has 0 saturated carbocycles. The number of carbonyl (C=O) groups is 1. The number of hydrogen-bond donors (Lipinski definition) is 2. The lowest BCUT2D eigenvalue weighted by atomic mass is 9.92. The molecular formula is C15H23N3O4S. The zero-order chi connectivity index (χ0) is 17.6. The summed E-state index contributed by atoms with van der Waals surface area (Å²) in [5, 5.41) is 13.3. The minimum atomic E-state index is -0.571. The number of rotatable bonds is 6. The van der Waals surface area contributed by atoms with Gasteiger partial charge < -0.3 is 15.8 Å². The van der Waals surface area contributed by atoms with Crippen molar-refractivity contribution in [3.05, 3.63) is 33.5 Å². The quantitative estimate of drug-likeness (QED) is 0.437. The number of amides is 1. The molecule has 0 heterocycles. The minimum absolute atomic E-state index is 0.201. The van der Waals surface area contributed by atoms with Crippen molar-refractivity contribution in [3.8, 4) is 0 Å². The monoisotopic (exact) mass is 341 g/mol. The van der Waals surface area contributed by atoms with E-state index in [-0.39, 0.29) is 23.1 Å². The molecule has 0 spiro atoms. The van der Waals surface area contributed by atoms with Crippen LogP contribution in [0, 0.1) is 16.0 Å². The fourth-order valence-electron chi connectivity index (χ4n) is 2.10. The van der Waals surface area contributed by atoms with Crippen LogP contribution in [0.1, 0.15) is 40.0 Å². The Hall–Kier alpha value is -1.96. The Balaban J connectivity index is 2.59. The van der Waals surface area contributed by atoms with E-state index < -0.39 is 11.7 Å². The summed E-state index contributed by atoms with van der Waals surface area (Å²) in [6.45, 7) is 5.62. The molecule has 0 aromatic rings. The molecule has 0 saturated heterocycles. The average molecular weight is 341 g/mol. The van der Waals surface area contributed by atoms with Gasteiger partial charge in [-0.25, -0.2) is 4.79 Å². The smallest absolute Gasteiger partial charge is 0.407 e. The van der Waals surface area contributed by atoms with E-state index in [4.69, 9.17) is 22.7 Å². The lowest BCUT2D eigenvalue weighted by Gasteiger charge is -2.22. The maximum absolute atomic E-state index is 11.7. The molecule has 1 aliphatic carbocycles. The largest absolute Gasteiger partial charge is 0.444 e. The molecule has 7 nitrogen and oxygen atoms in total. The first-order valence-corrected chi connectivity index (χ1v) is 7.78. The molecule has 1 amide bonds. The van der Waals surface area contributed by atoms with Crippen molar-refractivity contribution < 1.29 is 14.5 Å². The second-order valence-corrected chi connectivity index (χ2v) is 6.90. The first-order chi connectivity index (χ1) is 10.6. The van der Waals surface area contributed by atoms with Gasteiger partial charge in [0.1, 0.15) is 5.60 Å². The van der Waals surface area contributed by atoms with Gasteiger partial charge >= 0.3 is 6.09 Å². The predicted molar refractivity (Wildman–Crippen MR) is 91.5 cm³/mol. The first kappa shape index (κ1) is 19.1. The van der Waals surface area contributed by atoms with Crippen molar-refractivity contribution in [2.45, 2.75) is 45.6 Å². The van der Waals surface area contributed by atoms with Crippen LogP contribution in [0.5, 0.6) is 0 Å². The highest BCUT2D eigenvalue weighted by molar-refractivity contribution is 7.80. The standard InChI is InChI=1S/C15H23N3O4S/c1-15(2,3)22-14(19)17-9-11(13(16)23)8-10-4-6-12(7-5-10)18(20)21/h4,6,11H,5,7-9H2,1-3H3,(H2,16,23)(H,17,19)/t11-/m1/s1. The maximum atomic E-state index is 11.7. The molecule has 0 bridgehead atoms. The number of hydrogen-bond acceptors (Lipinski definition) is 5. The van der Waals surface area contributed by atoms with Gasteiger partial charge in [0.2, 0.25) is 5.70 Å². The van der Waals surface area contributed by atoms with Gasteiger partial charge in [-0.1, -0.05) is 23.9 Å². The van der Waals surface area contributed by atoms with Gasteiger partial charge in [0.05, 0.1) is 9.91 Å². The van der Waals surface area contributed by atoms with Gasteiger partial charge in [-0.2, -0.15) is 0 Å². The molecule has 1 atom stereocenters. The number of alkyl carbamates (subject to hydrolysis) is 1. The number of ether oxygens (including phenoxy) is 1. The maximum Gasteiger partial charge on any atom is 0.407 e. The third-order valence-electron chi connectivity index (χ3n) is 3.25. The zero-order valence-corrected chi connectivity index (χ0v) is 14.4. The molecule has 1 rings (SSSR count).